The van der Waals surface area contributed by atoms with Gasteiger partial charge in [-0.05, 0) is 19.1 Å². The summed E-state index contributed by atoms with van der Waals surface area (Å²) in [6.07, 6.45) is 1.29. The third kappa shape index (κ3) is 3.22. The van der Waals surface area contributed by atoms with Crippen LogP contribution in [0.15, 0.2) is 53.5 Å². The summed E-state index contributed by atoms with van der Waals surface area (Å²) in [4.78, 5) is 22.3. The molecule has 0 unspecified atom stereocenters. The molecule has 0 saturated carbocycles. The number of pyridine rings is 1. The number of benzene rings is 1. The summed E-state index contributed by atoms with van der Waals surface area (Å²) in [5.74, 6) is -2.44. The number of aromatic amines is 1. The van der Waals surface area contributed by atoms with E-state index in [1.54, 1.807) is 24.0 Å². The summed E-state index contributed by atoms with van der Waals surface area (Å²) in [7, 11) is 0. The lowest BCUT2D eigenvalue weighted by Gasteiger charge is -2.18. The van der Waals surface area contributed by atoms with Gasteiger partial charge in [0.05, 0.1) is 12.1 Å². The first-order chi connectivity index (χ1) is 14.8. The van der Waals surface area contributed by atoms with E-state index in [2.05, 4.69) is 15.1 Å². The van der Waals surface area contributed by atoms with E-state index in [1.165, 1.54) is 10.7 Å². The fourth-order valence-corrected chi connectivity index (χ4v) is 4.09. The van der Waals surface area contributed by atoms with E-state index in [1.807, 2.05) is 30.3 Å². The molecule has 1 aromatic carbocycles. The maximum Gasteiger partial charge on any atom is 0.282 e. The Morgan fingerprint density at radius 3 is 2.55 bits per heavy atom. The van der Waals surface area contributed by atoms with Crippen molar-refractivity contribution in [1.82, 2.24) is 19.6 Å². The van der Waals surface area contributed by atoms with E-state index >= 15 is 0 Å². The maximum atomic E-state index is 14.0. The Kier molecular flexibility index (Phi) is 4.28. The van der Waals surface area contributed by atoms with Gasteiger partial charge in [0.15, 0.2) is 5.65 Å². The van der Waals surface area contributed by atoms with Gasteiger partial charge in [-0.2, -0.15) is 9.61 Å². The number of rotatable bonds is 3. The highest BCUT2D eigenvalue weighted by Gasteiger charge is 2.40. The number of halogens is 2. The van der Waals surface area contributed by atoms with Gasteiger partial charge in [-0.25, -0.2) is 13.8 Å². The average molecular weight is 422 g/mol. The Morgan fingerprint density at radius 2 is 1.90 bits per heavy atom. The number of nitrogens with two attached hydrogens (primary N) is 1. The number of nitrogen functional groups attached to an aromatic ring is 1. The zero-order chi connectivity index (χ0) is 21.8. The molecule has 3 aromatic heterocycles. The van der Waals surface area contributed by atoms with Crippen molar-refractivity contribution >= 4 is 17.2 Å². The third-order valence-corrected chi connectivity index (χ3v) is 5.56. The molecule has 0 amide bonds. The van der Waals surface area contributed by atoms with Gasteiger partial charge < -0.3 is 15.6 Å². The van der Waals surface area contributed by atoms with Crippen molar-refractivity contribution in [2.75, 3.05) is 23.7 Å². The monoisotopic (exact) mass is 422 g/mol. The van der Waals surface area contributed by atoms with Crippen LogP contribution in [0.1, 0.15) is 12.1 Å². The molecule has 1 saturated heterocycles. The average Bonchev–Trinajstić information content (AvgIpc) is 3.30. The lowest BCUT2D eigenvalue weighted by atomic mass is 10.1. The van der Waals surface area contributed by atoms with Crippen molar-refractivity contribution in [3.05, 3.63) is 64.7 Å². The number of hydrogen-bond donors (Lipinski definition) is 2. The Labute approximate surface area is 176 Å². The van der Waals surface area contributed by atoms with E-state index in [4.69, 9.17) is 5.73 Å². The fraction of sp³-hybridized carbons (Fsp3) is 0.227. The zero-order valence-electron chi connectivity index (χ0n) is 16.8. The molecule has 1 aliphatic rings. The molecule has 0 atom stereocenters. The highest BCUT2D eigenvalue weighted by atomic mass is 19.3. The van der Waals surface area contributed by atoms with Crippen LogP contribution in [0.4, 0.5) is 20.3 Å². The Balaban J connectivity index is 1.78. The highest BCUT2D eigenvalue weighted by molar-refractivity contribution is 5.87. The normalized spacial score (nSPS) is 15.6. The van der Waals surface area contributed by atoms with Crippen molar-refractivity contribution in [2.45, 2.75) is 19.3 Å². The molecular formula is C22H20F2N6O. The SMILES string of the molecule is Cc1[nH]c2c(N3CCC(F)(F)C3)c(-c3ccccc3)nn2c(=O)c1-c1ccc(N)nc1. The molecule has 4 heterocycles. The molecule has 31 heavy (non-hydrogen) atoms. The summed E-state index contributed by atoms with van der Waals surface area (Å²) < 4.78 is 29.3. The third-order valence-electron chi connectivity index (χ3n) is 5.56. The molecule has 9 heteroatoms. The second-order valence-electron chi connectivity index (χ2n) is 7.75. The van der Waals surface area contributed by atoms with Crippen LogP contribution in [0.3, 0.4) is 0 Å². The second-order valence-corrected chi connectivity index (χ2v) is 7.75. The molecule has 7 nitrogen and oxygen atoms in total. The lowest BCUT2D eigenvalue weighted by Crippen LogP contribution is -2.26. The highest BCUT2D eigenvalue weighted by Crippen LogP contribution is 2.39. The van der Waals surface area contributed by atoms with Gasteiger partial charge in [-0.15, -0.1) is 0 Å². The standard InChI is InChI=1S/C22H20F2N6O/c1-13-17(15-7-8-16(25)26-11-15)21(31)30-20(27-13)19(29-10-9-22(23,24)12-29)18(28-30)14-5-3-2-4-6-14/h2-8,11,27H,9-10,12H2,1H3,(H2,25,26). The van der Waals surface area contributed by atoms with Crippen molar-refractivity contribution in [3.8, 4) is 22.4 Å². The van der Waals surface area contributed by atoms with E-state index in [0.717, 1.165) is 5.56 Å². The molecule has 0 bridgehead atoms. The van der Waals surface area contributed by atoms with Crippen LogP contribution in [0, 0.1) is 6.92 Å². The number of aromatic nitrogens is 4. The largest absolute Gasteiger partial charge is 0.384 e. The minimum Gasteiger partial charge on any atom is -0.384 e. The predicted molar refractivity (Wildman–Crippen MR) is 115 cm³/mol. The number of alkyl halides is 2. The summed E-state index contributed by atoms with van der Waals surface area (Å²) >= 11 is 0. The van der Waals surface area contributed by atoms with Crippen LogP contribution < -0.4 is 16.2 Å². The predicted octanol–water partition coefficient (Wildman–Crippen LogP) is 3.49. The molecule has 1 fully saturated rings. The van der Waals surface area contributed by atoms with E-state index in [0.29, 0.717) is 39.7 Å². The van der Waals surface area contributed by atoms with Gasteiger partial charge in [-0.1, -0.05) is 30.3 Å². The number of nitrogens with one attached hydrogen (secondary N) is 1. The van der Waals surface area contributed by atoms with Gasteiger partial charge in [0.1, 0.15) is 17.2 Å². The van der Waals surface area contributed by atoms with Crippen LogP contribution in [0.25, 0.3) is 28.0 Å². The second kappa shape index (κ2) is 6.90. The summed E-state index contributed by atoms with van der Waals surface area (Å²) in [5, 5.41) is 4.56. The molecule has 0 spiro atoms. The van der Waals surface area contributed by atoms with Crippen LogP contribution >= 0.6 is 0 Å². The van der Waals surface area contributed by atoms with Crippen LogP contribution in [-0.4, -0.2) is 38.6 Å². The van der Waals surface area contributed by atoms with Crippen molar-refractivity contribution in [3.63, 3.8) is 0 Å². The van der Waals surface area contributed by atoms with Crippen LogP contribution in [0.5, 0.6) is 0 Å². The first kappa shape index (κ1) is 19.2. The van der Waals surface area contributed by atoms with Crippen LogP contribution in [-0.2, 0) is 0 Å². The minimum absolute atomic E-state index is 0.179. The van der Waals surface area contributed by atoms with Crippen molar-refractivity contribution < 1.29 is 8.78 Å². The Bertz CT molecular complexity index is 1330. The molecular weight excluding hydrogens is 402 g/mol. The molecule has 4 aromatic rings. The van der Waals surface area contributed by atoms with Crippen LogP contribution in [0.2, 0.25) is 0 Å². The number of anilines is 2. The number of H-pyrrole nitrogens is 1. The number of hydrogen-bond acceptors (Lipinski definition) is 5. The molecule has 0 aliphatic carbocycles. The number of aryl methyl sites for hydroxylation is 1. The molecule has 1 aliphatic heterocycles. The van der Waals surface area contributed by atoms with Gasteiger partial charge in [0.25, 0.3) is 11.5 Å². The molecule has 158 valence electrons. The van der Waals surface area contributed by atoms with Gasteiger partial charge >= 0.3 is 0 Å². The molecule has 0 radical (unpaired) electrons. The minimum atomic E-state index is -2.78. The fourth-order valence-electron chi connectivity index (χ4n) is 4.09. The summed E-state index contributed by atoms with van der Waals surface area (Å²) in [5.41, 5.74) is 9.04. The van der Waals surface area contributed by atoms with E-state index < -0.39 is 12.5 Å². The molecule has 3 N–H and O–H groups in total. The quantitative estimate of drug-likeness (QED) is 0.527. The number of nitrogens with zero attached hydrogens (tertiary/aromatic N) is 4. The van der Waals surface area contributed by atoms with Gasteiger partial charge in [-0.3, -0.25) is 4.79 Å². The first-order valence-electron chi connectivity index (χ1n) is 9.90. The van der Waals surface area contributed by atoms with Crippen molar-refractivity contribution in [2.24, 2.45) is 0 Å². The maximum absolute atomic E-state index is 14.0. The zero-order valence-corrected chi connectivity index (χ0v) is 16.8. The summed E-state index contributed by atoms with van der Waals surface area (Å²) in [6, 6.07) is 12.6. The van der Waals surface area contributed by atoms with Gasteiger partial charge in [0.2, 0.25) is 0 Å². The molecule has 5 rings (SSSR count). The smallest absolute Gasteiger partial charge is 0.282 e. The topological polar surface area (TPSA) is 92.3 Å². The summed E-state index contributed by atoms with van der Waals surface area (Å²) in [6.45, 7) is 1.53. The Morgan fingerprint density at radius 1 is 1.13 bits per heavy atom. The first-order valence-corrected chi connectivity index (χ1v) is 9.90. The van der Waals surface area contributed by atoms with Crippen molar-refractivity contribution in [1.29, 1.82) is 0 Å². The van der Waals surface area contributed by atoms with E-state index in [9.17, 15) is 13.6 Å². The van der Waals surface area contributed by atoms with E-state index in [-0.39, 0.29) is 18.5 Å². The Hall–Kier alpha value is -3.75. The number of fused-ring (bicyclic) bond motifs is 1. The van der Waals surface area contributed by atoms with Gasteiger partial charge in [0, 0.05) is 36.0 Å². The lowest BCUT2D eigenvalue weighted by molar-refractivity contribution is 0.0257.